The predicted octanol–water partition coefficient (Wildman–Crippen LogP) is 4.89. The van der Waals surface area contributed by atoms with Gasteiger partial charge in [-0.05, 0) is 28.2 Å². The maximum atomic E-state index is 8.92. The lowest BCUT2D eigenvalue weighted by molar-refractivity contribution is 0.435. The molecule has 0 spiro atoms. The minimum absolute atomic E-state index is 0.00188. The van der Waals surface area contributed by atoms with Gasteiger partial charge in [-0.15, -0.1) is 0 Å². The van der Waals surface area contributed by atoms with Crippen molar-refractivity contribution in [2.75, 3.05) is 0 Å². The van der Waals surface area contributed by atoms with Gasteiger partial charge in [-0.3, -0.25) is 0 Å². The second-order valence-corrected chi connectivity index (χ2v) is 4.98. The molecule has 0 amide bonds. The zero-order chi connectivity index (χ0) is 13.6. The molecule has 0 aliphatic carbocycles. The number of aliphatic hydroxyl groups is 1. The molecule has 1 heteroatoms. The van der Waals surface area contributed by atoms with Crippen LogP contribution in [0.1, 0.15) is 20.8 Å². The van der Waals surface area contributed by atoms with Gasteiger partial charge in [-0.2, -0.15) is 0 Å². The number of rotatable bonds is 5. The Morgan fingerprint density at radius 2 is 1.24 bits per heavy atom. The molecule has 92 valence electrons. The number of hydrogen-bond acceptors (Lipinski definition) is 1. The van der Waals surface area contributed by atoms with Crippen molar-refractivity contribution >= 4 is 0 Å². The van der Waals surface area contributed by atoms with Gasteiger partial charge in [0.1, 0.15) is 5.76 Å². The summed E-state index contributed by atoms with van der Waals surface area (Å²) < 4.78 is 0. The lowest BCUT2D eigenvalue weighted by Gasteiger charge is -2.18. The van der Waals surface area contributed by atoms with E-state index >= 15 is 0 Å². The van der Waals surface area contributed by atoms with Crippen LogP contribution in [0.25, 0.3) is 0 Å². The molecule has 0 aromatic carbocycles. The van der Waals surface area contributed by atoms with Crippen molar-refractivity contribution in [2.24, 2.45) is 5.41 Å². The molecule has 0 heterocycles. The van der Waals surface area contributed by atoms with E-state index in [-0.39, 0.29) is 11.2 Å². The highest BCUT2D eigenvalue weighted by atomic mass is 16.3. The van der Waals surface area contributed by atoms with E-state index in [1.54, 1.807) is 6.08 Å². The zero-order valence-electron chi connectivity index (χ0n) is 11.1. The maximum absolute atomic E-state index is 8.92. The van der Waals surface area contributed by atoms with E-state index in [4.69, 9.17) is 5.11 Å². The third-order valence-corrected chi connectivity index (χ3v) is 2.34. The molecule has 1 nitrogen and oxygen atoms in total. The van der Waals surface area contributed by atoms with Crippen molar-refractivity contribution in [3.8, 4) is 0 Å². The average Bonchev–Trinajstić information content (AvgIpc) is 2.20. The fourth-order valence-corrected chi connectivity index (χ4v) is 0.862. The summed E-state index contributed by atoms with van der Waals surface area (Å²) in [5, 5.41) is 8.92. The predicted molar refractivity (Wildman–Crippen MR) is 76.9 cm³/mol. The molecular weight excluding hydrogens is 208 g/mol. The third kappa shape index (κ3) is 6.41. The van der Waals surface area contributed by atoms with Crippen LogP contribution in [0.3, 0.4) is 0 Å². The molecule has 0 saturated heterocycles. The van der Waals surface area contributed by atoms with E-state index in [1.807, 2.05) is 12.2 Å². The first-order valence-electron chi connectivity index (χ1n) is 5.46. The Morgan fingerprint density at radius 3 is 1.59 bits per heavy atom. The summed E-state index contributed by atoms with van der Waals surface area (Å²) in [6.45, 7) is 21.4. The lowest BCUT2D eigenvalue weighted by atomic mass is 9.87. The molecule has 0 aliphatic heterocycles. The van der Waals surface area contributed by atoms with E-state index in [0.29, 0.717) is 0 Å². The van der Waals surface area contributed by atoms with Gasteiger partial charge >= 0.3 is 0 Å². The monoisotopic (exact) mass is 230 g/mol. The Labute approximate surface area is 105 Å². The number of aliphatic hydroxyl groups excluding tert-OH is 1. The molecular formula is C16H22O. The van der Waals surface area contributed by atoms with Crippen LogP contribution in [-0.4, -0.2) is 5.11 Å². The standard InChI is InChI=1S/C16H22O/c1-12(13(2)9-11-15(4)17)8-10-14(3)16(5,6)7/h8-11,17H,1-4H2,5-7H3/b10-8-,11-9-. The van der Waals surface area contributed by atoms with Gasteiger partial charge in [-0.25, -0.2) is 0 Å². The molecule has 17 heavy (non-hydrogen) atoms. The molecule has 0 bridgehead atoms. The smallest absolute Gasteiger partial charge is 0.108 e. The molecule has 0 fully saturated rings. The first kappa shape index (κ1) is 15.2. The van der Waals surface area contributed by atoms with Crippen LogP contribution in [-0.2, 0) is 0 Å². The largest absolute Gasteiger partial charge is 0.509 e. The Hall–Kier alpha value is -1.76. The second-order valence-electron chi connectivity index (χ2n) is 4.98. The first-order valence-corrected chi connectivity index (χ1v) is 5.46. The van der Waals surface area contributed by atoms with E-state index in [0.717, 1.165) is 16.7 Å². The zero-order valence-corrected chi connectivity index (χ0v) is 11.1. The Balaban J connectivity index is 4.57. The van der Waals surface area contributed by atoms with Gasteiger partial charge in [0, 0.05) is 0 Å². The molecule has 0 aromatic rings. The van der Waals surface area contributed by atoms with Crippen molar-refractivity contribution < 1.29 is 5.11 Å². The van der Waals surface area contributed by atoms with Gasteiger partial charge in [0.25, 0.3) is 0 Å². The van der Waals surface area contributed by atoms with Crippen molar-refractivity contribution in [1.29, 1.82) is 0 Å². The molecule has 0 rings (SSSR count). The summed E-state index contributed by atoms with van der Waals surface area (Å²) >= 11 is 0. The Kier molecular flexibility index (Phi) is 5.46. The second kappa shape index (κ2) is 6.09. The summed E-state index contributed by atoms with van der Waals surface area (Å²) in [6.07, 6.45) is 6.98. The van der Waals surface area contributed by atoms with Crippen LogP contribution in [0.2, 0.25) is 0 Å². The van der Waals surface area contributed by atoms with Crippen molar-refractivity contribution in [1.82, 2.24) is 0 Å². The van der Waals surface area contributed by atoms with Crippen molar-refractivity contribution in [3.05, 3.63) is 73.1 Å². The number of hydrogen-bond donors (Lipinski definition) is 1. The summed E-state index contributed by atoms with van der Waals surface area (Å²) in [4.78, 5) is 0. The molecule has 0 saturated carbocycles. The van der Waals surface area contributed by atoms with Gasteiger partial charge in [-0.1, -0.05) is 65.3 Å². The normalized spacial score (nSPS) is 11.9. The molecule has 0 unspecified atom stereocenters. The number of allylic oxidation sites excluding steroid dienone is 7. The van der Waals surface area contributed by atoms with Gasteiger partial charge in [0.2, 0.25) is 0 Å². The van der Waals surface area contributed by atoms with Crippen LogP contribution < -0.4 is 0 Å². The molecule has 0 atom stereocenters. The minimum atomic E-state index is 0.00188. The fraction of sp³-hybridized carbons (Fsp3) is 0.250. The highest BCUT2D eigenvalue weighted by Crippen LogP contribution is 2.25. The van der Waals surface area contributed by atoms with Crippen LogP contribution >= 0.6 is 0 Å². The molecule has 0 aromatic heterocycles. The average molecular weight is 230 g/mol. The quantitative estimate of drug-likeness (QED) is 0.527. The van der Waals surface area contributed by atoms with Crippen molar-refractivity contribution in [2.45, 2.75) is 20.8 Å². The molecule has 1 N–H and O–H groups in total. The van der Waals surface area contributed by atoms with Gasteiger partial charge in [0.05, 0.1) is 0 Å². The van der Waals surface area contributed by atoms with E-state index in [2.05, 4.69) is 47.1 Å². The van der Waals surface area contributed by atoms with E-state index < -0.39 is 0 Å². The van der Waals surface area contributed by atoms with Crippen molar-refractivity contribution in [3.63, 3.8) is 0 Å². The maximum Gasteiger partial charge on any atom is 0.108 e. The highest BCUT2D eigenvalue weighted by Gasteiger charge is 2.11. The topological polar surface area (TPSA) is 20.2 Å². The van der Waals surface area contributed by atoms with Gasteiger partial charge < -0.3 is 5.11 Å². The summed E-state index contributed by atoms with van der Waals surface area (Å²) in [5.41, 5.74) is 2.60. The molecule has 0 aliphatic rings. The van der Waals surface area contributed by atoms with Crippen LogP contribution in [0.4, 0.5) is 0 Å². The SMILES string of the molecule is C=C(O)/C=C\C(=C)C(=C)/C=C\C(=C)C(C)(C)C. The fourth-order valence-electron chi connectivity index (χ4n) is 0.862. The van der Waals surface area contributed by atoms with Gasteiger partial charge in [0.15, 0.2) is 0 Å². The Bertz CT molecular complexity index is 398. The summed E-state index contributed by atoms with van der Waals surface area (Å²) in [7, 11) is 0. The first-order chi connectivity index (χ1) is 7.64. The van der Waals surface area contributed by atoms with E-state index in [9.17, 15) is 0 Å². The summed E-state index contributed by atoms with van der Waals surface area (Å²) in [6, 6.07) is 0. The lowest BCUT2D eigenvalue weighted by Crippen LogP contribution is -2.05. The highest BCUT2D eigenvalue weighted by molar-refractivity contribution is 5.45. The summed E-state index contributed by atoms with van der Waals surface area (Å²) in [5.74, 6) is 0.00188. The van der Waals surface area contributed by atoms with Crippen LogP contribution in [0.5, 0.6) is 0 Å². The van der Waals surface area contributed by atoms with E-state index in [1.165, 1.54) is 6.08 Å². The minimum Gasteiger partial charge on any atom is -0.509 e. The third-order valence-electron chi connectivity index (χ3n) is 2.34. The van der Waals surface area contributed by atoms with Crippen LogP contribution in [0.15, 0.2) is 73.1 Å². The molecule has 0 radical (unpaired) electrons. The van der Waals surface area contributed by atoms with Crippen LogP contribution in [0, 0.1) is 5.41 Å². The Morgan fingerprint density at radius 1 is 0.824 bits per heavy atom.